The number of fused-ring (bicyclic) bond motifs is 3. The molecule has 0 saturated carbocycles. The van der Waals surface area contributed by atoms with Gasteiger partial charge in [0.15, 0.2) is 0 Å². The number of carbonyl (C=O) groups excluding carboxylic acids is 1. The van der Waals surface area contributed by atoms with Gasteiger partial charge in [-0.15, -0.1) is 0 Å². The van der Waals surface area contributed by atoms with Crippen LogP contribution in [0.4, 0.5) is 0 Å². The van der Waals surface area contributed by atoms with Crippen LogP contribution < -0.4 is 5.32 Å². The third-order valence-electron chi connectivity index (χ3n) is 2.69. The molecule has 5 heteroatoms. The normalized spacial score (nSPS) is 43.6. The second-order valence-corrected chi connectivity index (χ2v) is 4.18. The average molecular weight is 201 g/mol. The zero-order valence-electron chi connectivity index (χ0n) is 8.41. The predicted octanol–water partition coefficient (Wildman–Crippen LogP) is -0.490. The average Bonchev–Trinajstić information content (AvgIpc) is 2.22. The van der Waals surface area contributed by atoms with Crippen LogP contribution in [-0.4, -0.2) is 45.2 Å². The molecule has 3 aliphatic heterocycles. The number of likely N-dealkylation sites (N-methyl/N-ethyl adjacent to an activating group) is 1. The number of rotatable bonds is 3. The minimum Gasteiger partial charge on any atom is -0.325 e. The zero-order valence-corrected chi connectivity index (χ0v) is 8.41. The van der Waals surface area contributed by atoms with Gasteiger partial charge in [-0.05, 0) is 7.05 Å². The number of ether oxygens (including phenoxy) is 3. The number of hydrogen-bond donors (Lipinski definition) is 1. The van der Waals surface area contributed by atoms with Gasteiger partial charge in [0.05, 0.1) is 19.8 Å². The molecule has 0 amide bonds. The van der Waals surface area contributed by atoms with Crippen molar-refractivity contribution in [2.75, 3.05) is 26.9 Å². The molecule has 14 heavy (non-hydrogen) atoms. The molecular formula is C9H15NO4. The van der Waals surface area contributed by atoms with Crippen LogP contribution in [-0.2, 0) is 19.0 Å². The van der Waals surface area contributed by atoms with E-state index in [0.717, 1.165) is 6.29 Å². The van der Waals surface area contributed by atoms with Crippen LogP contribution in [0.2, 0.25) is 0 Å². The Bertz CT molecular complexity index is 218. The fraction of sp³-hybridized carbons (Fsp3) is 0.889. The summed E-state index contributed by atoms with van der Waals surface area (Å²) in [6.07, 6.45) is 0.744. The molecule has 0 radical (unpaired) electrons. The summed E-state index contributed by atoms with van der Waals surface area (Å²) in [5, 5.41) is 2.81. The summed E-state index contributed by atoms with van der Waals surface area (Å²) in [6, 6.07) is -0.577. The van der Waals surface area contributed by atoms with E-state index in [1.54, 1.807) is 7.05 Å². The molecule has 0 aromatic heterocycles. The first-order valence-corrected chi connectivity index (χ1v) is 4.69. The minimum atomic E-state index is -1.20. The Balaban J connectivity index is 2.14. The Morgan fingerprint density at radius 3 is 2.14 bits per heavy atom. The lowest BCUT2D eigenvalue weighted by Gasteiger charge is -2.51. The van der Waals surface area contributed by atoms with Crippen LogP contribution in [0.15, 0.2) is 0 Å². The van der Waals surface area contributed by atoms with E-state index in [1.165, 1.54) is 0 Å². The lowest BCUT2D eigenvalue weighted by atomic mass is 9.91. The van der Waals surface area contributed by atoms with Gasteiger partial charge in [-0.2, -0.15) is 0 Å². The van der Waals surface area contributed by atoms with Crippen molar-refractivity contribution in [2.24, 2.45) is 5.41 Å². The third kappa shape index (κ3) is 1.37. The highest BCUT2D eigenvalue weighted by Gasteiger charge is 2.54. The van der Waals surface area contributed by atoms with Gasteiger partial charge < -0.3 is 24.3 Å². The van der Waals surface area contributed by atoms with Crippen LogP contribution in [0.25, 0.3) is 0 Å². The van der Waals surface area contributed by atoms with E-state index in [1.807, 2.05) is 6.92 Å². The summed E-state index contributed by atoms with van der Waals surface area (Å²) < 4.78 is 16.4. The first-order valence-electron chi connectivity index (χ1n) is 4.69. The van der Waals surface area contributed by atoms with Gasteiger partial charge in [-0.3, -0.25) is 0 Å². The second kappa shape index (κ2) is 3.27. The topological polar surface area (TPSA) is 56.8 Å². The Morgan fingerprint density at radius 2 is 1.79 bits per heavy atom. The summed E-state index contributed by atoms with van der Waals surface area (Å²) in [5.74, 6) is -1.20. The molecule has 3 saturated heterocycles. The molecule has 1 N–H and O–H groups in total. The highest BCUT2D eigenvalue weighted by Crippen LogP contribution is 2.39. The molecule has 3 aliphatic rings. The van der Waals surface area contributed by atoms with Crippen LogP contribution in [0.3, 0.4) is 0 Å². The minimum absolute atomic E-state index is 0.0665. The Labute approximate surface area is 82.7 Å². The van der Waals surface area contributed by atoms with Crippen molar-refractivity contribution in [3.63, 3.8) is 0 Å². The molecule has 0 aromatic rings. The monoisotopic (exact) mass is 201 g/mol. The molecule has 5 nitrogen and oxygen atoms in total. The maximum absolute atomic E-state index is 10.8. The zero-order chi connectivity index (χ0) is 10.2. The van der Waals surface area contributed by atoms with Crippen LogP contribution in [0.1, 0.15) is 6.92 Å². The molecule has 3 fully saturated rings. The van der Waals surface area contributed by atoms with Crippen LogP contribution >= 0.6 is 0 Å². The molecule has 0 aliphatic carbocycles. The van der Waals surface area contributed by atoms with E-state index in [4.69, 9.17) is 14.2 Å². The van der Waals surface area contributed by atoms with Crippen molar-refractivity contribution in [2.45, 2.75) is 18.9 Å². The van der Waals surface area contributed by atoms with Gasteiger partial charge in [0.2, 0.25) is 0 Å². The van der Waals surface area contributed by atoms with Crippen molar-refractivity contribution < 1.29 is 19.0 Å². The van der Waals surface area contributed by atoms with E-state index >= 15 is 0 Å². The Hall–Kier alpha value is -0.490. The van der Waals surface area contributed by atoms with Crippen molar-refractivity contribution in [3.8, 4) is 0 Å². The fourth-order valence-corrected chi connectivity index (χ4v) is 1.67. The summed E-state index contributed by atoms with van der Waals surface area (Å²) in [5.41, 5.74) is -0.0665. The van der Waals surface area contributed by atoms with Gasteiger partial charge in [0, 0.05) is 5.41 Å². The molecule has 0 unspecified atom stereocenters. The largest absolute Gasteiger partial charge is 0.325 e. The lowest BCUT2D eigenvalue weighted by Crippen LogP contribution is -2.66. The van der Waals surface area contributed by atoms with Gasteiger partial charge in [-0.25, -0.2) is 0 Å². The maximum Gasteiger partial charge on any atom is 0.306 e. The first kappa shape index (κ1) is 10.0. The molecule has 80 valence electrons. The molecule has 3 rings (SSSR count). The standard InChI is InChI=1S/C9H15NO4/c1-8-4-12-9(13-5-8,14-6-8)7(3-11)10-2/h3,7,10H,4-6H2,1-2H3/t7-,8?,9?/m0/s1. The van der Waals surface area contributed by atoms with Gasteiger partial charge >= 0.3 is 5.97 Å². The fourth-order valence-electron chi connectivity index (χ4n) is 1.67. The van der Waals surface area contributed by atoms with Crippen LogP contribution in [0.5, 0.6) is 0 Å². The van der Waals surface area contributed by atoms with Crippen molar-refractivity contribution in [3.05, 3.63) is 0 Å². The number of aldehydes is 1. The molecule has 0 spiro atoms. The van der Waals surface area contributed by atoms with Gasteiger partial charge in [-0.1, -0.05) is 6.92 Å². The summed E-state index contributed by atoms with van der Waals surface area (Å²) in [6.45, 7) is 3.74. The summed E-state index contributed by atoms with van der Waals surface area (Å²) in [7, 11) is 1.67. The smallest absolute Gasteiger partial charge is 0.306 e. The Kier molecular flexibility index (Phi) is 2.35. The molecular weight excluding hydrogens is 186 g/mol. The van der Waals surface area contributed by atoms with E-state index in [-0.39, 0.29) is 5.41 Å². The quantitative estimate of drug-likeness (QED) is 0.624. The first-order chi connectivity index (χ1) is 6.64. The highest BCUT2D eigenvalue weighted by molar-refractivity contribution is 5.59. The van der Waals surface area contributed by atoms with Crippen molar-refractivity contribution in [1.29, 1.82) is 0 Å². The third-order valence-corrected chi connectivity index (χ3v) is 2.69. The van der Waals surface area contributed by atoms with E-state index in [2.05, 4.69) is 5.32 Å². The summed E-state index contributed by atoms with van der Waals surface area (Å²) >= 11 is 0. The SMILES string of the molecule is CN[C@@H](C=O)C12OCC(C)(CO1)CO2. The van der Waals surface area contributed by atoms with E-state index < -0.39 is 12.0 Å². The number of hydrogen-bond acceptors (Lipinski definition) is 5. The summed E-state index contributed by atoms with van der Waals surface area (Å²) in [4.78, 5) is 10.8. The predicted molar refractivity (Wildman–Crippen MR) is 47.6 cm³/mol. The molecule has 3 heterocycles. The molecule has 2 bridgehead atoms. The lowest BCUT2D eigenvalue weighted by molar-refractivity contribution is -0.469. The van der Waals surface area contributed by atoms with E-state index in [9.17, 15) is 4.79 Å². The molecule has 1 atom stereocenters. The van der Waals surface area contributed by atoms with Crippen molar-refractivity contribution >= 4 is 6.29 Å². The van der Waals surface area contributed by atoms with Crippen molar-refractivity contribution in [1.82, 2.24) is 5.32 Å². The number of carbonyl (C=O) groups is 1. The maximum atomic E-state index is 10.8. The van der Waals surface area contributed by atoms with Crippen LogP contribution in [0, 0.1) is 5.41 Å². The second-order valence-electron chi connectivity index (χ2n) is 4.18. The number of nitrogens with one attached hydrogen (secondary N) is 1. The Morgan fingerprint density at radius 1 is 1.29 bits per heavy atom. The van der Waals surface area contributed by atoms with Gasteiger partial charge in [0.25, 0.3) is 0 Å². The molecule has 0 aromatic carbocycles. The highest BCUT2D eigenvalue weighted by atomic mass is 16.9. The van der Waals surface area contributed by atoms with E-state index in [0.29, 0.717) is 19.8 Å². The van der Waals surface area contributed by atoms with Gasteiger partial charge in [0.1, 0.15) is 12.3 Å².